The number of hydrogen-bond acceptors (Lipinski definition) is 4. The topological polar surface area (TPSA) is 50.8 Å². The molecule has 0 bridgehead atoms. The molecule has 2 aromatic rings. The van der Waals surface area contributed by atoms with Crippen molar-refractivity contribution in [2.24, 2.45) is 10.7 Å². The Bertz CT molecular complexity index is 682. The van der Waals surface area contributed by atoms with Gasteiger partial charge >= 0.3 is 0 Å². The lowest BCUT2D eigenvalue weighted by Gasteiger charge is -2.18. The SMILES string of the molecule is CN(CCN)CC1=NCc2cccc(OCc3ccccc3)c21. The third-order valence-corrected chi connectivity index (χ3v) is 4.01. The van der Waals surface area contributed by atoms with Gasteiger partial charge in [0.15, 0.2) is 0 Å². The number of nitrogens with zero attached hydrogens (tertiary/aromatic N) is 2. The fourth-order valence-corrected chi connectivity index (χ4v) is 2.84. The van der Waals surface area contributed by atoms with Gasteiger partial charge in [-0.25, -0.2) is 0 Å². The van der Waals surface area contributed by atoms with Gasteiger partial charge in [-0.05, 0) is 24.2 Å². The van der Waals surface area contributed by atoms with Gasteiger partial charge in [0.1, 0.15) is 12.4 Å². The molecule has 1 aliphatic heterocycles. The Labute approximate surface area is 137 Å². The van der Waals surface area contributed by atoms with E-state index in [1.54, 1.807) is 0 Å². The molecular weight excluding hydrogens is 286 g/mol. The molecule has 0 aliphatic carbocycles. The summed E-state index contributed by atoms with van der Waals surface area (Å²) in [4.78, 5) is 6.89. The average molecular weight is 309 g/mol. The van der Waals surface area contributed by atoms with Crippen molar-refractivity contribution < 1.29 is 4.74 Å². The van der Waals surface area contributed by atoms with Gasteiger partial charge in [0.05, 0.1) is 12.3 Å². The summed E-state index contributed by atoms with van der Waals surface area (Å²) in [5.74, 6) is 0.920. The highest BCUT2D eigenvalue weighted by Gasteiger charge is 2.21. The minimum absolute atomic E-state index is 0.573. The zero-order valence-corrected chi connectivity index (χ0v) is 13.5. The van der Waals surface area contributed by atoms with E-state index in [9.17, 15) is 0 Å². The summed E-state index contributed by atoms with van der Waals surface area (Å²) >= 11 is 0. The number of benzene rings is 2. The number of ether oxygens (including phenoxy) is 1. The normalized spacial score (nSPS) is 13.1. The number of aliphatic imine (C=N–C) groups is 1. The van der Waals surface area contributed by atoms with Crippen LogP contribution in [-0.2, 0) is 13.2 Å². The van der Waals surface area contributed by atoms with E-state index in [1.807, 2.05) is 30.3 Å². The third-order valence-electron chi connectivity index (χ3n) is 4.01. The summed E-state index contributed by atoms with van der Waals surface area (Å²) < 4.78 is 6.08. The summed E-state index contributed by atoms with van der Waals surface area (Å²) in [6.45, 7) is 3.63. The average Bonchev–Trinajstić information content (AvgIpc) is 2.98. The number of likely N-dealkylation sites (N-methyl/N-ethyl adjacent to an activating group) is 1. The van der Waals surface area contributed by atoms with E-state index in [0.29, 0.717) is 13.2 Å². The van der Waals surface area contributed by atoms with Crippen molar-refractivity contribution in [1.82, 2.24) is 4.90 Å². The standard InChI is InChI=1S/C19H23N3O/c1-22(11-10-20)13-17-19-16(12-21-17)8-5-9-18(19)23-14-15-6-3-2-4-7-15/h2-9H,10-14,20H2,1H3. The molecule has 0 atom stereocenters. The number of nitrogens with two attached hydrogens (primary N) is 1. The van der Waals surface area contributed by atoms with Gasteiger partial charge in [-0.1, -0.05) is 42.5 Å². The van der Waals surface area contributed by atoms with E-state index in [0.717, 1.165) is 36.7 Å². The molecule has 4 nitrogen and oxygen atoms in total. The molecule has 0 amide bonds. The molecule has 2 N–H and O–H groups in total. The van der Waals surface area contributed by atoms with Crippen molar-refractivity contribution in [3.63, 3.8) is 0 Å². The predicted octanol–water partition coefficient (Wildman–Crippen LogP) is 2.46. The molecule has 0 fully saturated rings. The lowest BCUT2D eigenvalue weighted by Crippen LogP contribution is -2.30. The number of fused-ring (bicyclic) bond motifs is 1. The first-order chi connectivity index (χ1) is 11.3. The zero-order chi connectivity index (χ0) is 16.1. The first-order valence-corrected chi connectivity index (χ1v) is 7.99. The van der Waals surface area contributed by atoms with Crippen molar-refractivity contribution in [2.75, 3.05) is 26.7 Å². The molecule has 23 heavy (non-hydrogen) atoms. The fraction of sp³-hybridized carbons (Fsp3) is 0.316. The second kappa shape index (κ2) is 7.40. The molecule has 0 aromatic heterocycles. The van der Waals surface area contributed by atoms with Crippen molar-refractivity contribution in [1.29, 1.82) is 0 Å². The summed E-state index contributed by atoms with van der Waals surface area (Å²) in [5.41, 5.74) is 10.3. The molecule has 1 aliphatic rings. The molecule has 0 spiro atoms. The molecule has 0 radical (unpaired) electrons. The second-order valence-corrected chi connectivity index (χ2v) is 5.85. The lowest BCUT2D eigenvalue weighted by atomic mass is 10.0. The minimum atomic E-state index is 0.573. The van der Waals surface area contributed by atoms with E-state index in [2.05, 4.69) is 30.1 Å². The zero-order valence-electron chi connectivity index (χ0n) is 13.5. The number of hydrogen-bond donors (Lipinski definition) is 1. The van der Waals surface area contributed by atoms with Crippen molar-refractivity contribution in [2.45, 2.75) is 13.2 Å². The van der Waals surface area contributed by atoms with Crippen LogP contribution in [0.3, 0.4) is 0 Å². The summed E-state index contributed by atoms with van der Waals surface area (Å²) in [7, 11) is 2.07. The molecule has 0 saturated carbocycles. The highest BCUT2D eigenvalue weighted by atomic mass is 16.5. The number of rotatable bonds is 7. The molecule has 0 unspecified atom stereocenters. The fourth-order valence-electron chi connectivity index (χ4n) is 2.84. The first-order valence-electron chi connectivity index (χ1n) is 7.99. The van der Waals surface area contributed by atoms with E-state index in [4.69, 9.17) is 15.5 Å². The van der Waals surface area contributed by atoms with Gasteiger partial charge < -0.3 is 10.5 Å². The highest BCUT2D eigenvalue weighted by molar-refractivity contribution is 6.07. The van der Waals surface area contributed by atoms with Crippen molar-refractivity contribution in [3.05, 3.63) is 65.2 Å². The Balaban J connectivity index is 1.75. The summed E-state index contributed by atoms with van der Waals surface area (Å²) in [6, 6.07) is 16.4. The Kier molecular flexibility index (Phi) is 5.05. The smallest absolute Gasteiger partial charge is 0.129 e. The third kappa shape index (κ3) is 3.78. The highest BCUT2D eigenvalue weighted by Crippen LogP contribution is 2.29. The van der Waals surface area contributed by atoms with Gasteiger partial charge in [-0.3, -0.25) is 9.89 Å². The summed E-state index contributed by atoms with van der Waals surface area (Å²) in [5, 5.41) is 0. The summed E-state index contributed by atoms with van der Waals surface area (Å²) in [6.07, 6.45) is 0. The molecule has 2 aromatic carbocycles. The molecule has 3 rings (SSSR count). The predicted molar refractivity (Wildman–Crippen MR) is 94.0 cm³/mol. The quantitative estimate of drug-likeness (QED) is 0.855. The van der Waals surface area contributed by atoms with Gasteiger partial charge in [0.2, 0.25) is 0 Å². The monoisotopic (exact) mass is 309 g/mol. The van der Waals surface area contributed by atoms with Crippen LogP contribution in [0.2, 0.25) is 0 Å². The van der Waals surface area contributed by atoms with Crippen LogP contribution in [0.5, 0.6) is 5.75 Å². The Morgan fingerprint density at radius 1 is 1.13 bits per heavy atom. The van der Waals surface area contributed by atoms with Gasteiger partial charge in [0.25, 0.3) is 0 Å². The maximum absolute atomic E-state index is 6.08. The van der Waals surface area contributed by atoms with E-state index < -0.39 is 0 Å². The van der Waals surface area contributed by atoms with Crippen LogP contribution in [0, 0.1) is 0 Å². The van der Waals surface area contributed by atoms with E-state index in [-0.39, 0.29) is 0 Å². The van der Waals surface area contributed by atoms with Crippen LogP contribution in [0.1, 0.15) is 16.7 Å². The van der Waals surface area contributed by atoms with Gasteiger partial charge in [0, 0.05) is 25.2 Å². The minimum Gasteiger partial charge on any atom is -0.488 e. The van der Waals surface area contributed by atoms with Crippen LogP contribution in [-0.4, -0.2) is 37.3 Å². The van der Waals surface area contributed by atoms with Crippen molar-refractivity contribution in [3.8, 4) is 5.75 Å². The Hall–Kier alpha value is -2.17. The molecule has 120 valence electrons. The molecule has 1 heterocycles. The largest absolute Gasteiger partial charge is 0.488 e. The van der Waals surface area contributed by atoms with Crippen LogP contribution >= 0.6 is 0 Å². The van der Waals surface area contributed by atoms with Crippen LogP contribution in [0.15, 0.2) is 53.5 Å². The second-order valence-electron chi connectivity index (χ2n) is 5.85. The lowest BCUT2D eigenvalue weighted by molar-refractivity contribution is 0.305. The van der Waals surface area contributed by atoms with Crippen LogP contribution in [0.25, 0.3) is 0 Å². The van der Waals surface area contributed by atoms with Crippen LogP contribution in [0.4, 0.5) is 0 Å². The Morgan fingerprint density at radius 3 is 2.74 bits per heavy atom. The Morgan fingerprint density at radius 2 is 1.96 bits per heavy atom. The first kappa shape index (κ1) is 15.7. The van der Waals surface area contributed by atoms with Crippen LogP contribution < -0.4 is 10.5 Å². The van der Waals surface area contributed by atoms with Crippen molar-refractivity contribution >= 4 is 5.71 Å². The van der Waals surface area contributed by atoms with Gasteiger partial charge in [-0.2, -0.15) is 0 Å². The van der Waals surface area contributed by atoms with E-state index >= 15 is 0 Å². The van der Waals surface area contributed by atoms with E-state index in [1.165, 1.54) is 11.1 Å². The maximum atomic E-state index is 6.08. The molecular formula is C19H23N3O. The molecule has 0 saturated heterocycles. The molecule has 4 heteroatoms. The maximum Gasteiger partial charge on any atom is 0.129 e. The van der Waals surface area contributed by atoms with Gasteiger partial charge in [-0.15, -0.1) is 0 Å².